The average Bonchev–Trinajstić information content (AvgIpc) is 3.55. The van der Waals surface area contributed by atoms with Gasteiger partial charge in [-0.05, 0) is 49.4 Å². The molecule has 0 saturated heterocycles. The normalized spacial score (nSPS) is 14.4. The summed E-state index contributed by atoms with van der Waals surface area (Å²) in [4.78, 5) is 72.8. The maximum atomic E-state index is 13.1. The first-order valence-electron chi connectivity index (χ1n) is 39.2. The smallest absolute Gasteiger partial charge is 0.462 e. The lowest BCUT2D eigenvalue weighted by Gasteiger charge is -2.21. The number of hydrogen-bond acceptors (Lipinski definition) is 15. The summed E-state index contributed by atoms with van der Waals surface area (Å²) in [5.41, 5.74) is 0. The van der Waals surface area contributed by atoms with Gasteiger partial charge < -0.3 is 33.8 Å². The molecule has 4 unspecified atom stereocenters. The molecule has 564 valence electrons. The minimum absolute atomic E-state index is 0.105. The number of hydrogen-bond donors (Lipinski definition) is 3. The van der Waals surface area contributed by atoms with Crippen molar-refractivity contribution in [1.82, 2.24) is 0 Å². The number of unbranched alkanes of at least 4 members (excludes halogenated alkanes) is 38. The molecule has 0 spiro atoms. The first kappa shape index (κ1) is 93.1. The summed E-state index contributed by atoms with van der Waals surface area (Å²) in [7, 11) is -9.91. The molecule has 0 rings (SSSR count). The Kier molecular flexibility index (Phi) is 64.0. The van der Waals surface area contributed by atoms with E-state index in [0.29, 0.717) is 31.6 Å². The number of carbonyl (C=O) groups is 4. The molecule has 0 aromatic carbocycles. The van der Waals surface area contributed by atoms with Gasteiger partial charge in [-0.3, -0.25) is 37.3 Å². The molecule has 19 heteroatoms. The van der Waals surface area contributed by atoms with Crippen LogP contribution >= 0.6 is 15.6 Å². The Morgan fingerprint density at radius 2 is 0.505 bits per heavy atom. The zero-order valence-electron chi connectivity index (χ0n) is 62.3. The molecule has 0 aromatic heterocycles. The van der Waals surface area contributed by atoms with Crippen molar-refractivity contribution in [3.63, 3.8) is 0 Å². The van der Waals surface area contributed by atoms with Crippen LogP contribution in [-0.4, -0.2) is 96.7 Å². The highest BCUT2D eigenvalue weighted by atomic mass is 31.2. The summed E-state index contributed by atoms with van der Waals surface area (Å²) in [6, 6.07) is 0. The van der Waals surface area contributed by atoms with E-state index in [0.717, 1.165) is 114 Å². The van der Waals surface area contributed by atoms with Crippen molar-refractivity contribution in [3.8, 4) is 0 Å². The molecule has 0 amide bonds. The summed E-state index contributed by atoms with van der Waals surface area (Å²) in [5, 5.41) is 10.6. The van der Waals surface area contributed by atoms with E-state index in [1.165, 1.54) is 180 Å². The van der Waals surface area contributed by atoms with Crippen molar-refractivity contribution in [1.29, 1.82) is 0 Å². The second kappa shape index (κ2) is 65.4. The average molecular weight is 1400 g/mol. The van der Waals surface area contributed by atoms with Crippen LogP contribution in [0.4, 0.5) is 0 Å². The second-order valence-corrected chi connectivity index (χ2v) is 32.0. The number of rotatable bonds is 73. The number of esters is 4. The molecule has 0 aliphatic carbocycles. The SMILES string of the molecule is CCC(C)CCCCCCCCCCCCCCCCC(=O)OC[C@H](COP(=O)(O)OCC(O)COP(=O)(O)OC[C@@H](COC(=O)CCCCCCCCCC(C)C)OC(=O)CCCCCCCCCCCCCCC(C)C)OC(=O)CCCCCCCCCCCC(C)C. The van der Waals surface area contributed by atoms with Gasteiger partial charge in [-0.15, -0.1) is 0 Å². The highest BCUT2D eigenvalue weighted by molar-refractivity contribution is 7.47. The molecule has 3 N–H and O–H groups in total. The molecule has 0 aromatic rings. The van der Waals surface area contributed by atoms with E-state index in [1.54, 1.807) is 0 Å². The summed E-state index contributed by atoms with van der Waals surface area (Å²) in [6.07, 6.45) is 50.0. The van der Waals surface area contributed by atoms with Crippen molar-refractivity contribution in [2.24, 2.45) is 23.7 Å². The van der Waals surface area contributed by atoms with Crippen molar-refractivity contribution in [2.45, 2.75) is 401 Å². The van der Waals surface area contributed by atoms with E-state index in [4.69, 9.17) is 37.0 Å². The Morgan fingerprint density at radius 3 is 0.747 bits per heavy atom. The van der Waals surface area contributed by atoms with Gasteiger partial charge in [0.05, 0.1) is 26.4 Å². The Bertz CT molecular complexity index is 1870. The van der Waals surface area contributed by atoms with Crippen molar-refractivity contribution in [3.05, 3.63) is 0 Å². The van der Waals surface area contributed by atoms with Gasteiger partial charge in [0.15, 0.2) is 12.2 Å². The number of aliphatic hydroxyl groups is 1. The van der Waals surface area contributed by atoms with Gasteiger partial charge in [0.2, 0.25) is 0 Å². The van der Waals surface area contributed by atoms with Gasteiger partial charge in [0.25, 0.3) is 0 Å². The molecule has 0 saturated carbocycles. The van der Waals surface area contributed by atoms with Gasteiger partial charge >= 0.3 is 39.5 Å². The number of ether oxygens (including phenoxy) is 4. The van der Waals surface area contributed by atoms with Gasteiger partial charge in [-0.25, -0.2) is 9.13 Å². The van der Waals surface area contributed by atoms with Gasteiger partial charge in [0, 0.05) is 25.7 Å². The lowest BCUT2D eigenvalue weighted by molar-refractivity contribution is -0.161. The molecule has 17 nitrogen and oxygen atoms in total. The molecular formula is C76H148O17P2. The predicted molar refractivity (Wildman–Crippen MR) is 386 cm³/mol. The molecular weight excluding hydrogens is 1250 g/mol. The lowest BCUT2D eigenvalue weighted by atomic mass is 9.99. The zero-order chi connectivity index (χ0) is 70.3. The standard InChI is InChI=1S/C76H148O17P2/c1-9-69(8)55-47-39-31-23-17-12-10-11-13-18-24-32-40-48-56-73(78)86-62-71(93-76(81)59-51-43-34-26-20-22-29-37-45-53-67(4)5)64-90-94(82,83)88-60-70(77)61-89-95(84,85)91-65-72(63-87-74(79)57-49-41-35-27-30-38-46-54-68(6)7)92-75(80)58-50-42-33-25-19-15-14-16-21-28-36-44-52-66(2)3/h66-72,77H,9-65H2,1-8H3,(H,82,83)(H,84,85)/t69?,70?,71-,72-/m1/s1. The monoisotopic (exact) mass is 1400 g/mol. The minimum Gasteiger partial charge on any atom is -0.462 e. The van der Waals surface area contributed by atoms with Crippen molar-refractivity contribution < 1.29 is 80.2 Å². The van der Waals surface area contributed by atoms with Crippen LogP contribution in [0.25, 0.3) is 0 Å². The molecule has 0 heterocycles. The van der Waals surface area contributed by atoms with E-state index >= 15 is 0 Å². The third-order valence-corrected chi connectivity index (χ3v) is 19.8. The Balaban J connectivity index is 5.22. The summed E-state index contributed by atoms with van der Waals surface area (Å²) in [6.45, 7) is 14.2. The molecule has 6 atom stereocenters. The predicted octanol–water partition coefficient (Wildman–Crippen LogP) is 22.0. The van der Waals surface area contributed by atoms with Crippen LogP contribution in [0, 0.1) is 23.7 Å². The van der Waals surface area contributed by atoms with Crippen LogP contribution in [0.2, 0.25) is 0 Å². The first-order valence-corrected chi connectivity index (χ1v) is 42.2. The third-order valence-electron chi connectivity index (χ3n) is 17.9. The summed E-state index contributed by atoms with van der Waals surface area (Å²) in [5.74, 6) is 0.946. The quantitative estimate of drug-likeness (QED) is 0.0222. The topological polar surface area (TPSA) is 237 Å². The van der Waals surface area contributed by atoms with Gasteiger partial charge in [-0.2, -0.15) is 0 Å². The van der Waals surface area contributed by atoms with Crippen LogP contribution in [0.1, 0.15) is 383 Å². The summed E-state index contributed by atoms with van der Waals surface area (Å²) >= 11 is 0. The van der Waals surface area contributed by atoms with E-state index in [9.17, 15) is 43.2 Å². The fourth-order valence-corrected chi connectivity index (χ4v) is 13.1. The Hall–Kier alpha value is -1.94. The number of phosphoric acid groups is 2. The summed E-state index contributed by atoms with van der Waals surface area (Å²) < 4.78 is 68.5. The van der Waals surface area contributed by atoms with Crippen LogP contribution in [0.5, 0.6) is 0 Å². The fourth-order valence-electron chi connectivity index (χ4n) is 11.5. The maximum Gasteiger partial charge on any atom is 0.472 e. The van der Waals surface area contributed by atoms with Gasteiger partial charge in [0.1, 0.15) is 19.3 Å². The van der Waals surface area contributed by atoms with Crippen molar-refractivity contribution in [2.75, 3.05) is 39.6 Å². The third kappa shape index (κ3) is 69.0. The van der Waals surface area contributed by atoms with Crippen LogP contribution < -0.4 is 0 Å². The number of carbonyl (C=O) groups excluding carboxylic acids is 4. The van der Waals surface area contributed by atoms with E-state index in [1.807, 2.05) is 0 Å². The van der Waals surface area contributed by atoms with E-state index in [-0.39, 0.29) is 25.7 Å². The number of aliphatic hydroxyl groups excluding tert-OH is 1. The highest BCUT2D eigenvalue weighted by Crippen LogP contribution is 2.45. The Labute approximate surface area is 581 Å². The minimum atomic E-state index is -4.96. The molecule has 95 heavy (non-hydrogen) atoms. The van der Waals surface area contributed by atoms with E-state index in [2.05, 4.69) is 55.4 Å². The molecule has 0 aliphatic heterocycles. The Morgan fingerprint density at radius 1 is 0.295 bits per heavy atom. The van der Waals surface area contributed by atoms with E-state index < -0.39 is 97.5 Å². The van der Waals surface area contributed by atoms with Crippen LogP contribution in [0.3, 0.4) is 0 Å². The molecule has 0 bridgehead atoms. The highest BCUT2D eigenvalue weighted by Gasteiger charge is 2.30. The van der Waals surface area contributed by atoms with Gasteiger partial charge in [-0.1, -0.05) is 331 Å². The molecule has 0 fully saturated rings. The zero-order valence-corrected chi connectivity index (χ0v) is 64.1. The fraction of sp³-hybridized carbons (Fsp3) is 0.947. The van der Waals surface area contributed by atoms with Crippen molar-refractivity contribution >= 4 is 39.5 Å². The van der Waals surface area contributed by atoms with Crippen LogP contribution in [-0.2, 0) is 65.4 Å². The first-order chi connectivity index (χ1) is 45.6. The second-order valence-electron chi connectivity index (χ2n) is 29.1. The largest absolute Gasteiger partial charge is 0.472 e. The van der Waals surface area contributed by atoms with Crippen LogP contribution in [0.15, 0.2) is 0 Å². The number of phosphoric ester groups is 2. The maximum absolute atomic E-state index is 13.1. The molecule has 0 radical (unpaired) electrons. The lowest BCUT2D eigenvalue weighted by Crippen LogP contribution is -2.30. The molecule has 0 aliphatic rings.